The highest BCUT2D eigenvalue weighted by Gasteiger charge is 2.64. The number of aliphatic carboxylic acids is 1. The van der Waals surface area contributed by atoms with Crippen LogP contribution in [0.25, 0.3) is 0 Å². The zero-order valence-electron chi connectivity index (χ0n) is 62.8. The molecular formula is C65H108N4O47. The van der Waals surface area contributed by atoms with Crippen LogP contribution in [0, 0.1) is 0 Å². The van der Waals surface area contributed by atoms with E-state index in [1.54, 1.807) is 0 Å². The minimum atomic E-state index is -3.34. The van der Waals surface area contributed by atoms with E-state index in [9.17, 15) is 152 Å². The van der Waals surface area contributed by atoms with Crippen LogP contribution in [0.1, 0.15) is 48.0 Å². The molecule has 29 N–H and O–H groups in total. The Labute approximate surface area is 657 Å². The maximum atomic E-state index is 13.6. The number of carbonyl (C=O) groups excluding carboxylic acids is 4. The second-order valence-corrected chi connectivity index (χ2v) is 29.5. The van der Waals surface area contributed by atoms with Gasteiger partial charge in [0.2, 0.25) is 23.6 Å². The highest BCUT2D eigenvalue weighted by atomic mass is 16.8. The molecule has 0 bridgehead atoms. The van der Waals surface area contributed by atoms with Crippen LogP contribution in [-0.2, 0) is 104 Å². The number of nitrogens with one attached hydrogen (secondary N) is 4. The number of aliphatic hydroxyl groups is 24. The molecular weight excluding hydrogens is 1590 g/mol. The summed E-state index contributed by atoms with van der Waals surface area (Å²) in [6, 6.07) is -7.60. The SMILES string of the molecule is CC(=O)N[C@H]1[C@H](O[C@H]2[C@@H](O)[C@@H](CO)O[C@@H](O[C@H]3[C@H](O)[C@@H](NC(C)=O)C(O)O[C@@H]3CO)[C@@H]2O)O[C@H](CO)[C@@H](O[C@@H]2O[C@H](CO)[C@H](O)[C@H](O[C@@H]3O[C@H](CO)[C@@H](O[C@@H]4O[C@H](CO)[C@H](O)[C@H](O[C@]5(C(=O)O)C[C@H](O)[C@@H](NC(C)=O)[C@H]([C@H](O)[C@H](O)CO)O5)[C@H]4O)[C@H](O[C@@H]4O[C@@H](C)[C@@H](O)[C@@H](O)[C@@H]4O)[C@H]3NC(C)=O)[C@H]2O)[C@@H]1O[C@@H]1O[C@@H](C)[C@@H](O)[C@@H](O)[C@@H]1O. The highest BCUT2D eigenvalue weighted by Crippen LogP contribution is 2.43. The summed E-state index contributed by atoms with van der Waals surface area (Å²) in [6.07, 6.45) is -88.8. The third-order valence-corrected chi connectivity index (χ3v) is 21.3. The summed E-state index contributed by atoms with van der Waals surface area (Å²) < 4.78 is 102. The van der Waals surface area contributed by atoms with Gasteiger partial charge in [0, 0.05) is 34.1 Å². The molecule has 1 unspecified atom stereocenters. The van der Waals surface area contributed by atoms with Crippen LogP contribution in [0.15, 0.2) is 0 Å². The van der Waals surface area contributed by atoms with E-state index in [1.165, 1.54) is 13.8 Å². The van der Waals surface area contributed by atoms with Gasteiger partial charge in [-0.3, -0.25) is 19.2 Å². The minimum Gasteiger partial charge on any atom is -0.477 e. The predicted molar refractivity (Wildman–Crippen MR) is 358 cm³/mol. The molecule has 51 nitrogen and oxygen atoms in total. The lowest BCUT2D eigenvalue weighted by Gasteiger charge is -2.53. The van der Waals surface area contributed by atoms with E-state index in [0.29, 0.717) is 0 Å². The van der Waals surface area contributed by atoms with E-state index in [1.807, 2.05) is 0 Å². The van der Waals surface area contributed by atoms with Gasteiger partial charge in [0.25, 0.3) is 5.79 Å². The Morgan fingerprint density at radius 1 is 0.353 bits per heavy atom. The molecule has 9 aliphatic rings. The van der Waals surface area contributed by atoms with Crippen LogP contribution >= 0.6 is 0 Å². The molecule has 51 heteroatoms. The van der Waals surface area contributed by atoms with Gasteiger partial charge in [-0.05, 0) is 13.8 Å². The van der Waals surface area contributed by atoms with Gasteiger partial charge < -0.3 is 229 Å². The molecule has 0 saturated carbocycles. The van der Waals surface area contributed by atoms with E-state index in [4.69, 9.17) is 80.5 Å². The Hall–Kier alpha value is -4.29. The zero-order valence-corrected chi connectivity index (χ0v) is 62.8. The molecule has 9 saturated heterocycles. The second-order valence-electron chi connectivity index (χ2n) is 29.5. The van der Waals surface area contributed by atoms with Gasteiger partial charge in [-0.15, -0.1) is 0 Å². The molecule has 46 atom stereocenters. The third-order valence-electron chi connectivity index (χ3n) is 21.3. The first kappa shape index (κ1) is 95.5. The Morgan fingerprint density at radius 2 is 0.672 bits per heavy atom. The summed E-state index contributed by atoms with van der Waals surface area (Å²) in [5, 5.41) is 289. The van der Waals surface area contributed by atoms with Crippen molar-refractivity contribution in [3.05, 3.63) is 0 Å². The van der Waals surface area contributed by atoms with E-state index in [0.717, 1.165) is 27.7 Å². The summed E-state index contributed by atoms with van der Waals surface area (Å²) in [7, 11) is 0. The molecule has 670 valence electrons. The first-order chi connectivity index (χ1) is 54.6. The highest BCUT2D eigenvalue weighted by molar-refractivity contribution is 5.77. The van der Waals surface area contributed by atoms with E-state index >= 15 is 0 Å². The Bertz CT molecular complexity index is 3170. The normalized spacial score (nSPS) is 48.2. The fraction of sp³-hybridized carbons (Fsp3) is 0.923. The van der Waals surface area contributed by atoms with Crippen LogP contribution < -0.4 is 21.3 Å². The summed E-state index contributed by atoms with van der Waals surface area (Å²) >= 11 is 0. The van der Waals surface area contributed by atoms with Crippen molar-refractivity contribution < 1.29 is 232 Å². The number of carboxylic acid groups (broad SMARTS) is 1. The molecule has 0 spiro atoms. The van der Waals surface area contributed by atoms with Crippen molar-refractivity contribution in [3.63, 3.8) is 0 Å². The number of carbonyl (C=O) groups is 5. The van der Waals surface area contributed by atoms with E-state index < -0.39 is 364 Å². The summed E-state index contributed by atoms with van der Waals surface area (Å²) in [5.41, 5.74) is 0. The van der Waals surface area contributed by atoms with Crippen LogP contribution in [0.4, 0.5) is 0 Å². The van der Waals surface area contributed by atoms with Crippen LogP contribution in [-0.4, -0.2) is 485 Å². The number of amides is 4. The van der Waals surface area contributed by atoms with Gasteiger partial charge in [-0.25, -0.2) is 4.79 Å². The molecule has 9 aliphatic heterocycles. The maximum absolute atomic E-state index is 13.6. The molecule has 0 radical (unpaired) electrons. The average Bonchev–Trinajstić information content (AvgIpc) is 0.739. The van der Waals surface area contributed by atoms with Gasteiger partial charge in [-0.2, -0.15) is 0 Å². The van der Waals surface area contributed by atoms with E-state index in [-0.39, 0.29) is 0 Å². The lowest BCUT2D eigenvalue weighted by molar-refractivity contribution is -0.403. The van der Waals surface area contributed by atoms with Crippen LogP contribution in [0.3, 0.4) is 0 Å². The summed E-state index contributed by atoms with van der Waals surface area (Å²) in [4.78, 5) is 64.9. The average molecular weight is 1700 g/mol. The minimum absolute atomic E-state index is 0.784. The number of hydrogen-bond donors (Lipinski definition) is 29. The first-order valence-corrected chi connectivity index (χ1v) is 37.0. The predicted octanol–water partition coefficient (Wildman–Crippen LogP) is -18.8. The maximum Gasteiger partial charge on any atom is 0.364 e. The molecule has 9 fully saturated rings. The van der Waals surface area contributed by atoms with Gasteiger partial charge in [-0.1, -0.05) is 0 Å². The van der Waals surface area contributed by atoms with Crippen molar-refractivity contribution in [2.24, 2.45) is 0 Å². The lowest BCUT2D eigenvalue weighted by atomic mass is 9.88. The molecule has 4 amide bonds. The number of hydrogen-bond acceptors (Lipinski definition) is 46. The molecule has 0 aromatic heterocycles. The molecule has 0 aromatic carbocycles. The Balaban J connectivity index is 1.06. The number of rotatable bonds is 30. The van der Waals surface area contributed by atoms with Crippen molar-refractivity contribution in [3.8, 4) is 0 Å². The number of aliphatic hydroxyl groups excluding tert-OH is 24. The molecule has 0 aromatic rings. The summed E-state index contributed by atoms with van der Waals surface area (Å²) in [6.45, 7) is -2.26. The molecule has 116 heavy (non-hydrogen) atoms. The molecule has 0 aliphatic carbocycles. The standard InChI is InChI=1S/C65H108N4O47/c1-15-33(83)40(90)42(92)59(100-15)111-51-31(68-19(5)79)57(113-53-36(86)23(9-71)103-61(44(53)94)108-47-26(12-74)102-56(97)30(39(47)89)67-18(4)78)106-27(13-75)48(51)109-62-45(95)54(37(87)24(10-72)104-62)114-58-32(69-20(6)80)52(112-60-43(93)41(91)34(84)16(2)101-60)49(28(14-76)107-58)110-63-46(96)55(38(88)25(11-73)105-63)116-65(64(98)99)7-21(81)29(66-17(3)77)50(115-65)35(85)22(82)8-70/h15-16,21-63,70-76,81-97H,7-14H2,1-6H3,(H,66,77)(H,67,78)(H,68,79)(H,69,80)(H,98,99)/t15-,16-,21-,22+,23+,24+,25+,26+,27+,28+,29+,30+,31+,32+,33+,34+,35+,36-,37-,38-,39+,40+,41+,42-,43-,44+,45+,46+,47+,48+,49+,50+,51+,52+,53-,54-,55-,56?,57-,58-,59-,60-,61-,62-,63-,65-/m0/s1. The quantitative estimate of drug-likeness (QED) is 0.0318. The number of ether oxygens (including phenoxy) is 17. The largest absolute Gasteiger partial charge is 0.477 e. The lowest BCUT2D eigenvalue weighted by Crippen LogP contribution is -2.72. The van der Waals surface area contributed by atoms with Crippen LogP contribution in [0.5, 0.6) is 0 Å². The van der Waals surface area contributed by atoms with Gasteiger partial charge >= 0.3 is 5.97 Å². The molecule has 9 rings (SSSR count). The zero-order chi connectivity index (χ0) is 85.9. The van der Waals surface area contributed by atoms with Crippen molar-refractivity contribution in [1.82, 2.24) is 21.3 Å². The van der Waals surface area contributed by atoms with Crippen molar-refractivity contribution in [2.45, 2.75) is 330 Å². The fourth-order valence-electron chi connectivity index (χ4n) is 15.2. The van der Waals surface area contributed by atoms with Gasteiger partial charge in [0.15, 0.2) is 50.3 Å². The third kappa shape index (κ3) is 20.6. The van der Waals surface area contributed by atoms with Crippen molar-refractivity contribution in [2.75, 3.05) is 46.2 Å². The van der Waals surface area contributed by atoms with Gasteiger partial charge in [0.05, 0.1) is 70.6 Å². The van der Waals surface area contributed by atoms with Crippen molar-refractivity contribution >= 4 is 29.6 Å². The first-order valence-electron chi connectivity index (χ1n) is 37.0. The Morgan fingerprint density at radius 3 is 1.04 bits per heavy atom. The summed E-state index contributed by atoms with van der Waals surface area (Å²) in [5.74, 6) is -9.28. The second kappa shape index (κ2) is 40.8. The Kier molecular flexibility index (Phi) is 33.6. The smallest absolute Gasteiger partial charge is 0.364 e. The van der Waals surface area contributed by atoms with Gasteiger partial charge in [0.1, 0.15) is 201 Å². The van der Waals surface area contributed by atoms with Crippen LogP contribution in [0.2, 0.25) is 0 Å². The monoisotopic (exact) mass is 1700 g/mol. The fourth-order valence-corrected chi connectivity index (χ4v) is 15.2. The van der Waals surface area contributed by atoms with E-state index in [2.05, 4.69) is 21.3 Å². The molecule has 9 heterocycles. The van der Waals surface area contributed by atoms with Crippen molar-refractivity contribution in [1.29, 1.82) is 0 Å². The number of carboxylic acids is 1. The topological polar surface area (TPSA) is 796 Å².